The maximum absolute atomic E-state index is 9.77. The van der Waals surface area contributed by atoms with E-state index < -0.39 is 6.10 Å². The molecule has 0 fully saturated rings. The molecule has 2 aromatic carbocycles. The first-order valence-corrected chi connectivity index (χ1v) is 6.95. The molecule has 0 amide bonds. The fraction of sp³-hybridized carbons (Fsp3) is 0.294. The molecule has 0 radical (unpaired) electrons. The van der Waals surface area contributed by atoms with Crippen molar-refractivity contribution in [1.29, 1.82) is 0 Å². The fourth-order valence-corrected chi connectivity index (χ4v) is 1.97. The molecule has 0 aromatic heterocycles. The average molecular weight is 288 g/mol. The van der Waals surface area contributed by atoms with Gasteiger partial charge in [0.15, 0.2) is 0 Å². The van der Waals surface area contributed by atoms with Crippen LogP contribution in [0.25, 0.3) is 11.1 Å². The Morgan fingerprint density at radius 3 is 2.38 bits per heavy atom. The van der Waals surface area contributed by atoms with Crippen LogP contribution in [-0.2, 0) is 4.74 Å². The summed E-state index contributed by atoms with van der Waals surface area (Å²) >= 11 is 0. The Morgan fingerprint density at radius 1 is 0.905 bits per heavy atom. The van der Waals surface area contributed by atoms with Gasteiger partial charge >= 0.3 is 0 Å². The van der Waals surface area contributed by atoms with Crippen LogP contribution in [0, 0.1) is 0 Å². The van der Waals surface area contributed by atoms with E-state index in [0.29, 0.717) is 0 Å². The van der Waals surface area contributed by atoms with Crippen molar-refractivity contribution in [2.24, 2.45) is 0 Å². The van der Waals surface area contributed by atoms with Crippen molar-refractivity contribution >= 4 is 0 Å². The van der Waals surface area contributed by atoms with Gasteiger partial charge in [-0.1, -0.05) is 48.5 Å². The van der Waals surface area contributed by atoms with Gasteiger partial charge in [0, 0.05) is 5.56 Å². The summed E-state index contributed by atoms with van der Waals surface area (Å²) in [6, 6.07) is 17.7. The minimum Gasteiger partial charge on any atom is -0.490 e. The molecule has 21 heavy (non-hydrogen) atoms. The van der Waals surface area contributed by atoms with Crippen molar-refractivity contribution < 1.29 is 19.7 Å². The molecular formula is C17H20O4. The molecule has 0 aliphatic heterocycles. The number of aliphatic hydroxyl groups is 2. The summed E-state index contributed by atoms with van der Waals surface area (Å²) < 4.78 is 10.8. The van der Waals surface area contributed by atoms with Crippen LogP contribution in [0.1, 0.15) is 0 Å². The summed E-state index contributed by atoms with van der Waals surface area (Å²) in [5.74, 6) is 0.727. The Bertz CT molecular complexity index is 527. The highest BCUT2D eigenvalue weighted by atomic mass is 16.5. The highest BCUT2D eigenvalue weighted by Crippen LogP contribution is 2.29. The van der Waals surface area contributed by atoms with E-state index in [1.54, 1.807) is 0 Å². The largest absolute Gasteiger partial charge is 0.490 e. The lowest BCUT2D eigenvalue weighted by Gasteiger charge is -2.15. The van der Waals surface area contributed by atoms with Crippen molar-refractivity contribution in [3.63, 3.8) is 0 Å². The molecule has 1 unspecified atom stereocenters. The maximum Gasteiger partial charge on any atom is 0.127 e. The highest BCUT2D eigenvalue weighted by molar-refractivity contribution is 5.70. The van der Waals surface area contributed by atoms with Crippen molar-refractivity contribution in [2.75, 3.05) is 26.4 Å². The molecule has 4 heteroatoms. The van der Waals surface area contributed by atoms with Crippen LogP contribution in [0.5, 0.6) is 5.75 Å². The van der Waals surface area contributed by atoms with E-state index in [0.717, 1.165) is 16.9 Å². The average Bonchev–Trinajstić information content (AvgIpc) is 2.54. The van der Waals surface area contributed by atoms with E-state index in [1.807, 2.05) is 54.6 Å². The zero-order chi connectivity index (χ0) is 14.9. The van der Waals surface area contributed by atoms with E-state index in [-0.39, 0.29) is 26.4 Å². The zero-order valence-corrected chi connectivity index (χ0v) is 11.8. The lowest BCUT2D eigenvalue weighted by Crippen LogP contribution is -2.24. The minimum atomic E-state index is -0.722. The van der Waals surface area contributed by atoms with E-state index in [2.05, 4.69) is 0 Å². The Morgan fingerprint density at radius 2 is 1.62 bits per heavy atom. The number of hydrogen-bond donors (Lipinski definition) is 2. The van der Waals surface area contributed by atoms with Crippen LogP contribution in [0.2, 0.25) is 0 Å². The van der Waals surface area contributed by atoms with Gasteiger partial charge in [0.05, 0.1) is 19.8 Å². The summed E-state index contributed by atoms with van der Waals surface area (Å²) in [6.07, 6.45) is -0.722. The van der Waals surface area contributed by atoms with Gasteiger partial charge in [-0.25, -0.2) is 0 Å². The van der Waals surface area contributed by atoms with E-state index in [9.17, 15) is 5.11 Å². The second kappa shape index (κ2) is 8.42. The lowest BCUT2D eigenvalue weighted by atomic mass is 10.1. The molecule has 1 atom stereocenters. The summed E-state index contributed by atoms with van der Waals surface area (Å²) in [4.78, 5) is 0. The van der Waals surface area contributed by atoms with E-state index in [1.165, 1.54) is 0 Å². The Labute approximate surface area is 124 Å². The lowest BCUT2D eigenvalue weighted by molar-refractivity contribution is 0.00143. The number of rotatable bonds is 8. The summed E-state index contributed by atoms with van der Waals surface area (Å²) in [7, 11) is 0. The SMILES string of the molecule is OCCOCC(O)COc1ccccc1-c1ccccc1. The molecule has 2 aromatic rings. The molecule has 0 saturated carbocycles. The fourth-order valence-electron chi connectivity index (χ4n) is 1.97. The third kappa shape index (κ3) is 4.86. The topological polar surface area (TPSA) is 58.9 Å². The van der Waals surface area contributed by atoms with Gasteiger partial charge in [-0.3, -0.25) is 0 Å². The second-order valence-electron chi connectivity index (χ2n) is 4.63. The van der Waals surface area contributed by atoms with Crippen molar-refractivity contribution in [3.8, 4) is 16.9 Å². The van der Waals surface area contributed by atoms with Crippen LogP contribution >= 0.6 is 0 Å². The van der Waals surface area contributed by atoms with Gasteiger partial charge in [0.1, 0.15) is 18.5 Å². The smallest absolute Gasteiger partial charge is 0.127 e. The van der Waals surface area contributed by atoms with Gasteiger partial charge in [0.25, 0.3) is 0 Å². The second-order valence-corrected chi connectivity index (χ2v) is 4.63. The first-order chi connectivity index (χ1) is 10.3. The molecule has 112 valence electrons. The normalized spacial score (nSPS) is 12.1. The molecule has 0 heterocycles. The molecule has 0 aliphatic carbocycles. The maximum atomic E-state index is 9.77. The minimum absolute atomic E-state index is 0.0512. The molecular weight excluding hydrogens is 268 g/mol. The van der Waals surface area contributed by atoms with Gasteiger partial charge in [-0.05, 0) is 11.6 Å². The highest BCUT2D eigenvalue weighted by Gasteiger charge is 2.09. The summed E-state index contributed by atoms with van der Waals surface area (Å²) in [6.45, 7) is 0.464. The Hall–Kier alpha value is -1.88. The number of benzene rings is 2. The zero-order valence-electron chi connectivity index (χ0n) is 11.8. The molecule has 0 saturated heterocycles. The molecule has 4 nitrogen and oxygen atoms in total. The van der Waals surface area contributed by atoms with E-state index >= 15 is 0 Å². The number of aliphatic hydroxyl groups excluding tert-OH is 2. The third-order valence-corrected chi connectivity index (χ3v) is 2.95. The number of para-hydroxylation sites is 1. The van der Waals surface area contributed by atoms with Gasteiger partial charge in [-0.15, -0.1) is 0 Å². The standard InChI is InChI=1S/C17H20O4/c18-10-11-20-12-15(19)13-21-17-9-5-4-8-16(17)14-6-2-1-3-7-14/h1-9,15,18-19H,10-13H2. The monoisotopic (exact) mass is 288 g/mol. The van der Waals surface area contributed by atoms with Crippen LogP contribution in [0.15, 0.2) is 54.6 Å². The number of hydrogen-bond acceptors (Lipinski definition) is 4. The van der Waals surface area contributed by atoms with Crippen molar-refractivity contribution in [2.45, 2.75) is 6.10 Å². The van der Waals surface area contributed by atoms with Crippen LogP contribution in [0.3, 0.4) is 0 Å². The predicted molar refractivity (Wildman–Crippen MR) is 81.3 cm³/mol. The first-order valence-electron chi connectivity index (χ1n) is 6.95. The summed E-state index contributed by atoms with van der Waals surface area (Å²) in [5, 5.41) is 18.4. The van der Waals surface area contributed by atoms with Crippen LogP contribution < -0.4 is 4.74 Å². The van der Waals surface area contributed by atoms with Crippen LogP contribution in [0.4, 0.5) is 0 Å². The Kier molecular flexibility index (Phi) is 6.22. The number of ether oxygens (including phenoxy) is 2. The quantitative estimate of drug-likeness (QED) is 0.730. The first kappa shape index (κ1) is 15.5. The molecule has 0 aliphatic rings. The molecule has 2 rings (SSSR count). The third-order valence-electron chi connectivity index (χ3n) is 2.95. The van der Waals surface area contributed by atoms with Crippen molar-refractivity contribution in [3.05, 3.63) is 54.6 Å². The summed E-state index contributed by atoms with van der Waals surface area (Å²) in [5.41, 5.74) is 2.06. The van der Waals surface area contributed by atoms with Gasteiger partial charge < -0.3 is 19.7 Å². The van der Waals surface area contributed by atoms with Gasteiger partial charge in [0.2, 0.25) is 0 Å². The molecule has 0 bridgehead atoms. The van der Waals surface area contributed by atoms with E-state index in [4.69, 9.17) is 14.6 Å². The predicted octanol–water partition coefficient (Wildman–Crippen LogP) is 2.10. The van der Waals surface area contributed by atoms with Crippen molar-refractivity contribution in [1.82, 2.24) is 0 Å². The van der Waals surface area contributed by atoms with Crippen LogP contribution in [-0.4, -0.2) is 42.7 Å². The molecule has 2 N–H and O–H groups in total. The molecule has 0 spiro atoms. The Balaban J connectivity index is 1.98. The van der Waals surface area contributed by atoms with Gasteiger partial charge in [-0.2, -0.15) is 0 Å².